The fraction of sp³-hybridized carbons (Fsp3) is 0.154. The minimum absolute atomic E-state index is 0.0191. The van der Waals surface area contributed by atoms with Crippen molar-refractivity contribution in [1.82, 2.24) is 4.98 Å². The van der Waals surface area contributed by atoms with Gasteiger partial charge in [0.2, 0.25) is 5.88 Å². The van der Waals surface area contributed by atoms with Crippen molar-refractivity contribution in [3.8, 4) is 11.6 Å². The van der Waals surface area contributed by atoms with E-state index in [4.69, 9.17) is 10.5 Å². The van der Waals surface area contributed by atoms with E-state index >= 15 is 0 Å². The van der Waals surface area contributed by atoms with Crippen molar-refractivity contribution in [3.05, 3.63) is 51.7 Å². The number of benzene rings is 1. The van der Waals surface area contributed by atoms with E-state index in [1.807, 2.05) is 6.92 Å². The smallest absolute Gasteiger partial charge is 0.276 e. The van der Waals surface area contributed by atoms with E-state index in [0.717, 1.165) is 5.56 Å². The first-order valence-corrected chi connectivity index (χ1v) is 5.63. The van der Waals surface area contributed by atoms with E-state index in [-0.39, 0.29) is 5.69 Å². The number of rotatable bonds is 3. The third-order valence-electron chi connectivity index (χ3n) is 2.71. The predicted octanol–water partition coefficient (Wildman–Crippen LogP) is 2.98. The number of pyridine rings is 1. The molecular formula is C13H13N3O3. The Hall–Kier alpha value is -2.63. The number of nitro benzene ring substituents is 1. The largest absolute Gasteiger partial charge is 0.438 e. The molecule has 0 saturated carbocycles. The Morgan fingerprint density at radius 2 is 2.11 bits per heavy atom. The van der Waals surface area contributed by atoms with Crippen LogP contribution in [0.2, 0.25) is 0 Å². The molecule has 6 nitrogen and oxygen atoms in total. The third-order valence-corrected chi connectivity index (χ3v) is 2.71. The highest BCUT2D eigenvalue weighted by molar-refractivity contribution is 5.50. The van der Waals surface area contributed by atoms with Gasteiger partial charge in [0.25, 0.3) is 5.69 Å². The number of anilines is 1. The van der Waals surface area contributed by atoms with Gasteiger partial charge in [0.05, 0.1) is 22.4 Å². The quantitative estimate of drug-likeness (QED) is 0.675. The summed E-state index contributed by atoms with van der Waals surface area (Å²) in [7, 11) is 0. The Labute approximate surface area is 110 Å². The molecule has 0 aliphatic heterocycles. The fourth-order valence-corrected chi connectivity index (χ4v) is 1.71. The highest BCUT2D eigenvalue weighted by atomic mass is 16.6. The maximum atomic E-state index is 10.9. The Balaban J connectivity index is 2.38. The molecule has 0 bridgehead atoms. The van der Waals surface area contributed by atoms with Crippen molar-refractivity contribution in [1.29, 1.82) is 0 Å². The molecule has 6 heteroatoms. The minimum atomic E-state index is -0.439. The summed E-state index contributed by atoms with van der Waals surface area (Å²) in [4.78, 5) is 14.5. The van der Waals surface area contributed by atoms with Crippen LogP contribution in [-0.4, -0.2) is 9.91 Å². The van der Waals surface area contributed by atoms with E-state index < -0.39 is 4.92 Å². The van der Waals surface area contributed by atoms with Gasteiger partial charge < -0.3 is 10.5 Å². The summed E-state index contributed by atoms with van der Waals surface area (Å²) in [6.45, 7) is 3.45. The second-order valence-corrected chi connectivity index (χ2v) is 4.15. The number of nitrogen functional groups attached to an aromatic ring is 1. The highest BCUT2D eigenvalue weighted by Gasteiger charge is 2.15. The molecule has 0 spiro atoms. The number of hydrogen-bond donors (Lipinski definition) is 1. The third kappa shape index (κ3) is 2.62. The summed E-state index contributed by atoms with van der Waals surface area (Å²) in [5.41, 5.74) is 7.40. The number of aryl methyl sites for hydroxylation is 1. The molecule has 0 saturated heterocycles. The van der Waals surface area contributed by atoms with Crippen LogP contribution in [0.3, 0.4) is 0 Å². The van der Waals surface area contributed by atoms with Gasteiger partial charge in [-0.25, -0.2) is 4.98 Å². The number of nitrogens with two attached hydrogens (primary N) is 1. The van der Waals surface area contributed by atoms with E-state index in [9.17, 15) is 10.1 Å². The number of nitro groups is 1. The van der Waals surface area contributed by atoms with Crippen molar-refractivity contribution in [2.24, 2.45) is 0 Å². The number of aromatic nitrogens is 1. The summed E-state index contributed by atoms with van der Waals surface area (Å²) < 4.78 is 5.61. The van der Waals surface area contributed by atoms with Gasteiger partial charge in [-0.3, -0.25) is 10.1 Å². The Bertz CT molecular complexity index is 641. The van der Waals surface area contributed by atoms with Crippen molar-refractivity contribution in [2.75, 3.05) is 5.73 Å². The molecule has 0 unspecified atom stereocenters. The van der Waals surface area contributed by atoms with Crippen molar-refractivity contribution in [2.45, 2.75) is 13.8 Å². The average molecular weight is 259 g/mol. The van der Waals surface area contributed by atoms with Gasteiger partial charge in [0.15, 0.2) is 0 Å². The summed E-state index contributed by atoms with van der Waals surface area (Å²) in [6.07, 6.45) is 1.48. The number of ether oxygens (including phenoxy) is 1. The molecule has 0 amide bonds. The summed E-state index contributed by atoms with van der Waals surface area (Å²) >= 11 is 0. The van der Waals surface area contributed by atoms with E-state index in [0.29, 0.717) is 22.9 Å². The Morgan fingerprint density at radius 1 is 1.37 bits per heavy atom. The molecule has 2 aromatic rings. The lowest BCUT2D eigenvalue weighted by Crippen LogP contribution is -1.97. The second kappa shape index (κ2) is 4.93. The molecule has 0 radical (unpaired) electrons. The molecule has 1 aromatic carbocycles. The van der Waals surface area contributed by atoms with Crippen LogP contribution in [0, 0.1) is 24.0 Å². The van der Waals surface area contributed by atoms with Crippen LogP contribution in [0.5, 0.6) is 11.6 Å². The van der Waals surface area contributed by atoms with Gasteiger partial charge in [-0.1, -0.05) is 6.07 Å². The number of nitrogens with zero attached hydrogens (tertiary/aromatic N) is 2. The van der Waals surface area contributed by atoms with Gasteiger partial charge in [0.1, 0.15) is 5.75 Å². The summed E-state index contributed by atoms with van der Waals surface area (Å²) in [5, 5.41) is 10.9. The lowest BCUT2D eigenvalue weighted by molar-refractivity contribution is -0.385. The first kappa shape index (κ1) is 12.8. The van der Waals surface area contributed by atoms with E-state index in [1.165, 1.54) is 12.3 Å². The first-order valence-electron chi connectivity index (χ1n) is 5.63. The predicted molar refractivity (Wildman–Crippen MR) is 71.3 cm³/mol. The Morgan fingerprint density at radius 3 is 2.74 bits per heavy atom. The molecule has 2 rings (SSSR count). The lowest BCUT2D eigenvalue weighted by atomic mass is 10.2. The van der Waals surface area contributed by atoms with Crippen molar-refractivity contribution in [3.63, 3.8) is 0 Å². The van der Waals surface area contributed by atoms with Gasteiger partial charge in [-0.2, -0.15) is 0 Å². The van der Waals surface area contributed by atoms with Crippen LogP contribution < -0.4 is 10.5 Å². The SMILES string of the molecule is Cc1cc(N)cnc1Oc1cccc([N+](=O)[O-])c1C. The van der Waals surface area contributed by atoms with Crippen molar-refractivity contribution >= 4 is 11.4 Å². The van der Waals surface area contributed by atoms with Gasteiger partial charge in [-0.15, -0.1) is 0 Å². The van der Waals surface area contributed by atoms with Gasteiger partial charge >= 0.3 is 0 Å². The molecule has 0 fully saturated rings. The van der Waals surface area contributed by atoms with Gasteiger partial charge in [-0.05, 0) is 26.0 Å². The zero-order chi connectivity index (χ0) is 14.0. The van der Waals surface area contributed by atoms with Crippen LogP contribution in [0.25, 0.3) is 0 Å². The normalized spacial score (nSPS) is 10.2. The monoisotopic (exact) mass is 259 g/mol. The van der Waals surface area contributed by atoms with Crippen LogP contribution in [0.4, 0.5) is 11.4 Å². The fourth-order valence-electron chi connectivity index (χ4n) is 1.71. The Kier molecular flexibility index (Phi) is 3.33. The van der Waals surface area contributed by atoms with Crippen molar-refractivity contribution < 1.29 is 9.66 Å². The standard InChI is InChI=1S/C13H13N3O3/c1-8-6-10(14)7-15-13(8)19-12-5-3-4-11(9(12)2)16(17)18/h3-7H,14H2,1-2H3. The molecular weight excluding hydrogens is 246 g/mol. The molecule has 0 aliphatic rings. The maximum Gasteiger partial charge on any atom is 0.276 e. The summed E-state index contributed by atoms with van der Waals surface area (Å²) in [6, 6.07) is 6.41. The van der Waals surface area contributed by atoms with Crippen LogP contribution in [0.15, 0.2) is 30.5 Å². The minimum Gasteiger partial charge on any atom is -0.438 e. The summed E-state index contributed by atoms with van der Waals surface area (Å²) in [5.74, 6) is 0.798. The van der Waals surface area contributed by atoms with Crippen LogP contribution in [-0.2, 0) is 0 Å². The maximum absolute atomic E-state index is 10.9. The second-order valence-electron chi connectivity index (χ2n) is 4.15. The van der Waals surface area contributed by atoms with E-state index in [1.54, 1.807) is 25.1 Å². The first-order chi connectivity index (χ1) is 8.99. The highest BCUT2D eigenvalue weighted by Crippen LogP contribution is 2.31. The van der Waals surface area contributed by atoms with Crippen LogP contribution >= 0.6 is 0 Å². The van der Waals surface area contributed by atoms with Crippen LogP contribution in [0.1, 0.15) is 11.1 Å². The number of hydrogen-bond acceptors (Lipinski definition) is 5. The molecule has 1 heterocycles. The molecule has 1 aromatic heterocycles. The topological polar surface area (TPSA) is 91.3 Å². The van der Waals surface area contributed by atoms with Gasteiger partial charge in [0, 0.05) is 11.6 Å². The molecule has 19 heavy (non-hydrogen) atoms. The zero-order valence-electron chi connectivity index (χ0n) is 10.6. The molecule has 2 N–H and O–H groups in total. The molecule has 0 atom stereocenters. The lowest BCUT2D eigenvalue weighted by Gasteiger charge is -2.10. The average Bonchev–Trinajstić information content (AvgIpc) is 2.34. The molecule has 98 valence electrons. The zero-order valence-corrected chi connectivity index (χ0v) is 10.6. The molecule has 0 aliphatic carbocycles. The van der Waals surface area contributed by atoms with E-state index in [2.05, 4.69) is 4.98 Å².